The summed E-state index contributed by atoms with van der Waals surface area (Å²) in [6, 6.07) is 0.574. The second-order valence-electron chi connectivity index (χ2n) is 2.57. The summed E-state index contributed by atoms with van der Waals surface area (Å²) in [7, 11) is 1.96. The third-order valence-electron chi connectivity index (χ3n) is 2.01. The Bertz CT molecular complexity index is 74.6. The molecule has 1 fully saturated rings. The van der Waals surface area contributed by atoms with E-state index in [1.165, 1.54) is 0 Å². The smallest absolute Gasteiger partial charge is 0.107 e. The summed E-state index contributed by atoms with van der Waals surface area (Å²) in [5.74, 6) is 0. The fourth-order valence-electron chi connectivity index (χ4n) is 1.09. The lowest BCUT2D eigenvalue weighted by atomic mass is 10.2. The van der Waals surface area contributed by atoms with Crippen molar-refractivity contribution in [3.05, 3.63) is 0 Å². The van der Waals surface area contributed by atoms with Gasteiger partial charge in [0.15, 0.2) is 0 Å². The molecule has 0 radical (unpaired) electrons. The predicted octanol–water partition coefficient (Wildman–Crippen LogP) is 0.419. The molecule has 0 spiro atoms. The van der Waals surface area contributed by atoms with Crippen LogP contribution in [0.5, 0.6) is 0 Å². The summed E-state index contributed by atoms with van der Waals surface area (Å²) in [6.07, 6.45) is 1.90. The molecule has 1 aliphatic rings. The van der Waals surface area contributed by atoms with E-state index in [0.29, 0.717) is 6.04 Å². The molecule has 0 aromatic carbocycles. The van der Waals surface area contributed by atoms with Gasteiger partial charge in [-0.25, -0.2) is 0 Å². The Kier molecular flexibility index (Phi) is 1.54. The fourth-order valence-corrected chi connectivity index (χ4v) is 1.09. The van der Waals surface area contributed by atoms with Crippen LogP contribution in [0, 0.1) is 0 Å². The minimum Gasteiger partial charge on any atom is -0.378 e. The molecule has 1 rings (SSSR count). The highest BCUT2D eigenvalue weighted by atomic mass is 16.3. The summed E-state index contributed by atoms with van der Waals surface area (Å²) >= 11 is 0. The molecular formula is C6H13NO. The highest BCUT2D eigenvalue weighted by Gasteiger charge is 2.24. The highest BCUT2D eigenvalue weighted by Crippen LogP contribution is 2.18. The third-order valence-corrected chi connectivity index (χ3v) is 2.01. The molecule has 0 aliphatic carbocycles. The lowest BCUT2D eigenvalue weighted by Crippen LogP contribution is -2.29. The average molecular weight is 115 g/mol. The van der Waals surface area contributed by atoms with E-state index in [4.69, 9.17) is 5.11 Å². The summed E-state index contributed by atoms with van der Waals surface area (Å²) in [5, 5.41) is 9.09. The highest BCUT2D eigenvalue weighted by molar-refractivity contribution is 4.74. The number of aliphatic hydroxyl groups excluding tert-OH is 1. The van der Waals surface area contributed by atoms with E-state index in [-0.39, 0.29) is 6.23 Å². The Morgan fingerprint density at radius 1 is 1.50 bits per heavy atom. The largest absolute Gasteiger partial charge is 0.378 e. The molecule has 0 saturated carbocycles. The third kappa shape index (κ3) is 0.858. The minimum absolute atomic E-state index is 0.176. The quantitative estimate of drug-likeness (QED) is 0.494. The van der Waals surface area contributed by atoms with Gasteiger partial charge in [-0.1, -0.05) is 0 Å². The van der Waals surface area contributed by atoms with Crippen molar-refractivity contribution in [2.75, 3.05) is 7.05 Å². The molecule has 48 valence electrons. The molecule has 0 aromatic rings. The Balaban J connectivity index is 2.44. The Morgan fingerprint density at radius 3 is 2.25 bits per heavy atom. The lowest BCUT2D eigenvalue weighted by Gasteiger charge is -2.17. The van der Waals surface area contributed by atoms with E-state index in [0.717, 1.165) is 12.8 Å². The first kappa shape index (κ1) is 6.05. The van der Waals surface area contributed by atoms with Crippen molar-refractivity contribution < 1.29 is 5.11 Å². The Labute approximate surface area is 50.1 Å². The molecule has 1 saturated heterocycles. The molecule has 2 heteroatoms. The van der Waals surface area contributed by atoms with Crippen molar-refractivity contribution >= 4 is 0 Å². The molecule has 0 aromatic heterocycles. The van der Waals surface area contributed by atoms with Crippen LogP contribution in [0.15, 0.2) is 0 Å². The van der Waals surface area contributed by atoms with Gasteiger partial charge < -0.3 is 5.11 Å². The van der Waals surface area contributed by atoms with Crippen molar-refractivity contribution in [3.8, 4) is 0 Å². The standard InChI is InChI=1S/C6H13NO/c1-5-3-4-6(8)7(5)2/h5-6,8H,3-4H2,1-2H3/t5-,6?/m1/s1. The van der Waals surface area contributed by atoms with Gasteiger partial charge in [-0.05, 0) is 26.8 Å². The lowest BCUT2D eigenvalue weighted by molar-refractivity contribution is 0.0412. The summed E-state index contributed by atoms with van der Waals surface area (Å²) in [5.41, 5.74) is 0. The number of rotatable bonds is 0. The second kappa shape index (κ2) is 2.03. The monoisotopic (exact) mass is 115 g/mol. The first-order valence-corrected chi connectivity index (χ1v) is 3.12. The van der Waals surface area contributed by atoms with Crippen molar-refractivity contribution in [1.82, 2.24) is 4.90 Å². The molecule has 0 bridgehead atoms. The van der Waals surface area contributed by atoms with Gasteiger partial charge in [0.05, 0.1) is 0 Å². The van der Waals surface area contributed by atoms with Crippen LogP contribution in [0.1, 0.15) is 19.8 Å². The van der Waals surface area contributed by atoms with Crippen LogP contribution in [0.3, 0.4) is 0 Å². The van der Waals surface area contributed by atoms with E-state index in [1.807, 2.05) is 11.9 Å². The van der Waals surface area contributed by atoms with Gasteiger partial charge in [0.25, 0.3) is 0 Å². The Hall–Kier alpha value is -0.0800. The average Bonchev–Trinajstić information content (AvgIpc) is 1.98. The number of nitrogens with zero attached hydrogens (tertiary/aromatic N) is 1. The molecule has 0 amide bonds. The van der Waals surface area contributed by atoms with Crippen LogP contribution in [0.4, 0.5) is 0 Å². The van der Waals surface area contributed by atoms with Crippen molar-refractivity contribution in [2.45, 2.75) is 32.0 Å². The number of hydrogen-bond donors (Lipinski definition) is 1. The molecule has 1 N–H and O–H groups in total. The number of likely N-dealkylation sites (tertiary alicyclic amines) is 1. The molecule has 2 nitrogen and oxygen atoms in total. The molecular weight excluding hydrogens is 102 g/mol. The molecule has 1 unspecified atom stereocenters. The van der Waals surface area contributed by atoms with Crippen LogP contribution in [-0.2, 0) is 0 Å². The maximum Gasteiger partial charge on any atom is 0.107 e. The zero-order chi connectivity index (χ0) is 6.15. The topological polar surface area (TPSA) is 23.5 Å². The van der Waals surface area contributed by atoms with Gasteiger partial charge >= 0.3 is 0 Å². The van der Waals surface area contributed by atoms with Crippen molar-refractivity contribution in [2.24, 2.45) is 0 Å². The molecule has 8 heavy (non-hydrogen) atoms. The molecule has 2 atom stereocenters. The molecule has 1 heterocycles. The zero-order valence-electron chi connectivity index (χ0n) is 5.46. The maximum atomic E-state index is 9.09. The van der Waals surface area contributed by atoms with Crippen LogP contribution in [0.2, 0.25) is 0 Å². The van der Waals surface area contributed by atoms with Gasteiger partial charge in [-0.15, -0.1) is 0 Å². The molecule has 1 aliphatic heterocycles. The maximum absolute atomic E-state index is 9.09. The van der Waals surface area contributed by atoms with Crippen LogP contribution < -0.4 is 0 Å². The summed E-state index contributed by atoms with van der Waals surface area (Å²) in [6.45, 7) is 2.14. The van der Waals surface area contributed by atoms with Crippen molar-refractivity contribution in [3.63, 3.8) is 0 Å². The van der Waals surface area contributed by atoms with E-state index in [9.17, 15) is 0 Å². The zero-order valence-corrected chi connectivity index (χ0v) is 5.46. The van der Waals surface area contributed by atoms with Crippen LogP contribution >= 0.6 is 0 Å². The fraction of sp³-hybridized carbons (Fsp3) is 1.00. The van der Waals surface area contributed by atoms with Crippen molar-refractivity contribution in [1.29, 1.82) is 0 Å². The van der Waals surface area contributed by atoms with Gasteiger partial charge in [0.2, 0.25) is 0 Å². The number of hydrogen-bond acceptors (Lipinski definition) is 2. The summed E-state index contributed by atoms with van der Waals surface area (Å²) < 4.78 is 0. The van der Waals surface area contributed by atoms with E-state index >= 15 is 0 Å². The minimum atomic E-state index is -0.176. The first-order valence-electron chi connectivity index (χ1n) is 3.12. The van der Waals surface area contributed by atoms with Crippen LogP contribution in [-0.4, -0.2) is 29.3 Å². The van der Waals surface area contributed by atoms with E-state index in [2.05, 4.69) is 6.92 Å². The van der Waals surface area contributed by atoms with Gasteiger partial charge in [0.1, 0.15) is 6.23 Å². The number of aliphatic hydroxyl groups is 1. The predicted molar refractivity (Wildman–Crippen MR) is 32.5 cm³/mol. The van der Waals surface area contributed by atoms with E-state index in [1.54, 1.807) is 0 Å². The van der Waals surface area contributed by atoms with Gasteiger partial charge in [-0.2, -0.15) is 0 Å². The van der Waals surface area contributed by atoms with Crippen LogP contribution in [0.25, 0.3) is 0 Å². The van der Waals surface area contributed by atoms with Gasteiger partial charge in [0, 0.05) is 6.04 Å². The first-order chi connectivity index (χ1) is 3.72. The van der Waals surface area contributed by atoms with Gasteiger partial charge in [-0.3, -0.25) is 4.90 Å². The Morgan fingerprint density at radius 2 is 2.12 bits per heavy atom. The summed E-state index contributed by atoms with van der Waals surface area (Å²) in [4.78, 5) is 2.00. The normalized spacial score (nSPS) is 40.9. The SMILES string of the molecule is C[C@@H]1CCC(O)N1C. The van der Waals surface area contributed by atoms with E-state index < -0.39 is 0 Å². The second-order valence-corrected chi connectivity index (χ2v) is 2.57.